The SMILES string of the molecule is CCOCCOc1ncc(N)cc1Br. The van der Waals surface area contributed by atoms with Crippen LogP contribution in [0.25, 0.3) is 0 Å². The zero-order chi connectivity index (χ0) is 10.4. The molecule has 1 aromatic heterocycles. The second-order valence-electron chi connectivity index (χ2n) is 2.60. The van der Waals surface area contributed by atoms with Crippen LogP contribution in [0.2, 0.25) is 0 Å². The lowest BCUT2D eigenvalue weighted by Gasteiger charge is -2.06. The number of hydrogen-bond donors (Lipinski definition) is 1. The predicted molar refractivity (Wildman–Crippen MR) is 58.3 cm³/mol. The van der Waals surface area contributed by atoms with Crippen LogP contribution in [0, 0.1) is 0 Å². The van der Waals surface area contributed by atoms with Crippen molar-refractivity contribution >= 4 is 21.6 Å². The van der Waals surface area contributed by atoms with E-state index in [-0.39, 0.29) is 0 Å². The number of pyridine rings is 1. The molecule has 0 spiro atoms. The maximum Gasteiger partial charge on any atom is 0.228 e. The van der Waals surface area contributed by atoms with Crippen LogP contribution < -0.4 is 10.5 Å². The number of anilines is 1. The molecule has 0 aliphatic carbocycles. The molecule has 0 amide bonds. The number of nitrogens with two attached hydrogens (primary N) is 1. The highest BCUT2D eigenvalue weighted by Gasteiger charge is 2.02. The molecule has 0 aliphatic rings. The fraction of sp³-hybridized carbons (Fsp3) is 0.444. The monoisotopic (exact) mass is 260 g/mol. The molecule has 0 radical (unpaired) electrons. The number of rotatable bonds is 5. The highest BCUT2D eigenvalue weighted by molar-refractivity contribution is 9.10. The highest BCUT2D eigenvalue weighted by Crippen LogP contribution is 2.23. The van der Waals surface area contributed by atoms with Gasteiger partial charge in [0.05, 0.1) is 23.0 Å². The van der Waals surface area contributed by atoms with Crippen LogP contribution in [0.5, 0.6) is 5.88 Å². The summed E-state index contributed by atoms with van der Waals surface area (Å²) in [7, 11) is 0. The number of halogens is 1. The Morgan fingerprint density at radius 3 is 2.93 bits per heavy atom. The highest BCUT2D eigenvalue weighted by atomic mass is 79.9. The third kappa shape index (κ3) is 3.51. The summed E-state index contributed by atoms with van der Waals surface area (Å²) in [6.07, 6.45) is 1.56. The largest absolute Gasteiger partial charge is 0.474 e. The van der Waals surface area contributed by atoms with E-state index in [4.69, 9.17) is 15.2 Å². The molecule has 14 heavy (non-hydrogen) atoms. The normalized spacial score (nSPS) is 10.1. The van der Waals surface area contributed by atoms with Gasteiger partial charge >= 0.3 is 0 Å². The molecule has 0 aliphatic heterocycles. The van der Waals surface area contributed by atoms with Crippen LogP contribution in [0.15, 0.2) is 16.7 Å². The Morgan fingerprint density at radius 2 is 2.29 bits per heavy atom. The van der Waals surface area contributed by atoms with Crippen LogP contribution in [0.3, 0.4) is 0 Å². The van der Waals surface area contributed by atoms with E-state index in [2.05, 4.69) is 20.9 Å². The van der Waals surface area contributed by atoms with Gasteiger partial charge < -0.3 is 15.2 Å². The van der Waals surface area contributed by atoms with Gasteiger partial charge in [0.2, 0.25) is 5.88 Å². The molecule has 1 aromatic rings. The summed E-state index contributed by atoms with van der Waals surface area (Å²) in [5.41, 5.74) is 6.14. The van der Waals surface area contributed by atoms with Crippen molar-refractivity contribution in [3.05, 3.63) is 16.7 Å². The van der Waals surface area contributed by atoms with Crippen molar-refractivity contribution in [2.45, 2.75) is 6.92 Å². The van der Waals surface area contributed by atoms with E-state index >= 15 is 0 Å². The number of aromatic nitrogens is 1. The number of ether oxygens (including phenoxy) is 2. The van der Waals surface area contributed by atoms with E-state index in [1.54, 1.807) is 12.3 Å². The van der Waals surface area contributed by atoms with E-state index in [1.165, 1.54) is 0 Å². The van der Waals surface area contributed by atoms with Gasteiger partial charge in [-0.3, -0.25) is 0 Å². The zero-order valence-corrected chi connectivity index (χ0v) is 9.58. The average molecular weight is 261 g/mol. The Labute approximate surface area is 91.5 Å². The number of nitrogen functional groups attached to an aromatic ring is 1. The molecule has 2 N–H and O–H groups in total. The molecule has 0 aromatic carbocycles. The average Bonchev–Trinajstić information content (AvgIpc) is 2.15. The van der Waals surface area contributed by atoms with E-state index in [0.717, 1.165) is 4.47 Å². The van der Waals surface area contributed by atoms with Crippen molar-refractivity contribution in [3.63, 3.8) is 0 Å². The summed E-state index contributed by atoms with van der Waals surface area (Å²) >= 11 is 3.31. The molecule has 78 valence electrons. The van der Waals surface area contributed by atoms with Crippen molar-refractivity contribution in [3.8, 4) is 5.88 Å². The van der Waals surface area contributed by atoms with Gasteiger partial charge in [-0.25, -0.2) is 4.98 Å². The van der Waals surface area contributed by atoms with Crippen LogP contribution in [-0.4, -0.2) is 24.8 Å². The van der Waals surface area contributed by atoms with Gasteiger partial charge in [0.25, 0.3) is 0 Å². The molecule has 5 heteroatoms. The van der Waals surface area contributed by atoms with Crippen LogP contribution in [-0.2, 0) is 4.74 Å². The van der Waals surface area contributed by atoms with E-state index in [0.29, 0.717) is 31.4 Å². The minimum absolute atomic E-state index is 0.489. The van der Waals surface area contributed by atoms with Gasteiger partial charge in [-0.15, -0.1) is 0 Å². The molecule has 0 atom stereocenters. The molecular weight excluding hydrogens is 248 g/mol. The Balaban J connectivity index is 2.42. The number of hydrogen-bond acceptors (Lipinski definition) is 4. The van der Waals surface area contributed by atoms with E-state index in [9.17, 15) is 0 Å². The van der Waals surface area contributed by atoms with Crippen molar-refractivity contribution in [2.24, 2.45) is 0 Å². The Morgan fingerprint density at radius 1 is 1.50 bits per heavy atom. The van der Waals surface area contributed by atoms with E-state index < -0.39 is 0 Å². The second-order valence-corrected chi connectivity index (χ2v) is 3.46. The molecule has 1 heterocycles. The third-order valence-electron chi connectivity index (χ3n) is 1.50. The standard InChI is InChI=1S/C9H13BrN2O2/c1-2-13-3-4-14-9-8(10)5-7(11)6-12-9/h5-6H,2-4,11H2,1H3. The van der Waals surface area contributed by atoms with Gasteiger partial charge in [0, 0.05) is 6.61 Å². The minimum atomic E-state index is 0.489. The van der Waals surface area contributed by atoms with Gasteiger partial charge in [0.1, 0.15) is 6.61 Å². The maximum absolute atomic E-state index is 5.53. The van der Waals surface area contributed by atoms with Crippen molar-refractivity contribution in [1.29, 1.82) is 0 Å². The van der Waals surface area contributed by atoms with Crippen molar-refractivity contribution in [2.75, 3.05) is 25.6 Å². The molecule has 0 saturated carbocycles. The van der Waals surface area contributed by atoms with Gasteiger partial charge in [-0.05, 0) is 28.9 Å². The van der Waals surface area contributed by atoms with Gasteiger partial charge in [-0.2, -0.15) is 0 Å². The second kappa shape index (κ2) is 5.82. The summed E-state index contributed by atoms with van der Waals surface area (Å²) in [4.78, 5) is 4.03. The molecule has 1 rings (SSSR count). The molecule has 0 saturated heterocycles. The van der Waals surface area contributed by atoms with E-state index in [1.807, 2.05) is 6.92 Å². The van der Waals surface area contributed by atoms with Gasteiger partial charge in [0.15, 0.2) is 0 Å². The van der Waals surface area contributed by atoms with Crippen molar-refractivity contribution < 1.29 is 9.47 Å². The lowest BCUT2D eigenvalue weighted by atomic mass is 10.4. The number of nitrogens with zero attached hydrogens (tertiary/aromatic N) is 1. The zero-order valence-electron chi connectivity index (χ0n) is 8.00. The van der Waals surface area contributed by atoms with Crippen LogP contribution >= 0.6 is 15.9 Å². The molecular formula is C9H13BrN2O2. The summed E-state index contributed by atoms with van der Waals surface area (Å²) in [6, 6.07) is 1.75. The molecule has 0 unspecified atom stereocenters. The predicted octanol–water partition coefficient (Wildman–Crippen LogP) is 1.84. The first-order chi connectivity index (χ1) is 6.74. The lowest BCUT2D eigenvalue weighted by molar-refractivity contribution is 0.108. The fourth-order valence-electron chi connectivity index (χ4n) is 0.888. The third-order valence-corrected chi connectivity index (χ3v) is 2.07. The Kier molecular flexibility index (Phi) is 4.69. The topological polar surface area (TPSA) is 57.4 Å². The summed E-state index contributed by atoms with van der Waals surface area (Å²) < 4.78 is 11.2. The summed E-state index contributed by atoms with van der Waals surface area (Å²) in [5.74, 6) is 0.541. The smallest absolute Gasteiger partial charge is 0.228 e. The maximum atomic E-state index is 5.53. The quantitative estimate of drug-likeness (QED) is 0.821. The first kappa shape index (κ1) is 11.3. The lowest BCUT2D eigenvalue weighted by Crippen LogP contribution is -2.07. The Hall–Kier alpha value is -0.810. The summed E-state index contributed by atoms with van der Waals surface area (Å²) in [6.45, 7) is 3.69. The molecule has 0 bridgehead atoms. The molecule has 0 fully saturated rings. The fourth-order valence-corrected chi connectivity index (χ4v) is 1.37. The summed E-state index contributed by atoms with van der Waals surface area (Å²) in [5, 5.41) is 0. The Bertz CT molecular complexity index is 294. The first-order valence-corrected chi connectivity index (χ1v) is 5.15. The minimum Gasteiger partial charge on any atom is -0.474 e. The molecule has 4 nitrogen and oxygen atoms in total. The van der Waals surface area contributed by atoms with Crippen LogP contribution in [0.1, 0.15) is 6.92 Å². The van der Waals surface area contributed by atoms with Gasteiger partial charge in [-0.1, -0.05) is 0 Å². The van der Waals surface area contributed by atoms with Crippen LogP contribution in [0.4, 0.5) is 5.69 Å². The first-order valence-electron chi connectivity index (χ1n) is 4.35. The van der Waals surface area contributed by atoms with Crippen molar-refractivity contribution in [1.82, 2.24) is 4.98 Å².